The third-order valence-corrected chi connectivity index (χ3v) is 4.14. The van der Waals surface area contributed by atoms with Crippen LogP contribution in [0, 0.1) is 0 Å². The Morgan fingerprint density at radius 2 is 1.69 bits per heavy atom. The van der Waals surface area contributed by atoms with Crippen LogP contribution in [0.4, 0.5) is 10.5 Å². The number of aromatic hydroxyl groups is 1. The van der Waals surface area contributed by atoms with Gasteiger partial charge in [-0.3, -0.25) is 0 Å². The smallest absolute Gasteiger partial charge is 0.356 e. The summed E-state index contributed by atoms with van der Waals surface area (Å²) in [7, 11) is 0. The summed E-state index contributed by atoms with van der Waals surface area (Å²) in [5.74, 6) is -0.163. The molecule has 3 N–H and O–H groups in total. The lowest BCUT2D eigenvalue weighted by molar-refractivity contribution is 0.255. The minimum atomic E-state index is -0.982. The Kier molecular flexibility index (Phi) is 3.74. The monoisotopic (exact) mass is 366 g/mol. The Morgan fingerprint density at radius 3 is 2.42 bits per heavy atom. The Hall–Kier alpha value is -3.52. The van der Waals surface area contributed by atoms with Gasteiger partial charge in [0.25, 0.3) is 0 Å². The number of primary amides is 1. The summed E-state index contributed by atoms with van der Waals surface area (Å²) in [5.41, 5.74) is 6.35. The van der Waals surface area contributed by atoms with Crippen LogP contribution in [0.3, 0.4) is 0 Å². The number of azo groups is 1. The highest BCUT2D eigenvalue weighted by molar-refractivity contribution is 6.32. The Morgan fingerprint density at radius 1 is 1.04 bits per heavy atom. The standard InChI is InChI=1S/C17H11ClN6O2/c18-11-7-3-4-8-12(11)24-22-13-9-5-1-2-6-10(9)16(25)15(14(13)23-24)20-21-17(19)26/h1-8,25H,(H2,19,26). The predicted octanol–water partition coefficient (Wildman–Crippen LogP) is 4.10. The third kappa shape index (κ3) is 2.52. The minimum Gasteiger partial charge on any atom is -0.505 e. The molecule has 8 nitrogen and oxygen atoms in total. The van der Waals surface area contributed by atoms with E-state index in [4.69, 9.17) is 17.3 Å². The number of hydrogen-bond donors (Lipinski definition) is 2. The molecule has 0 saturated heterocycles. The van der Waals surface area contributed by atoms with Gasteiger partial charge in [0, 0.05) is 10.8 Å². The molecule has 0 bridgehead atoms. The fourth-order valence-electron chi connectivity index (χ4n) is 2.70. The van der Waals surface area contributed by atoms with Crippen molar-refractivity contribution >= 4 is 45.1 Å². The number of urea groups is 1. The number of phenolic OH excluding ortho intramolecular Hbond substituents is 1. The van der Waals surface area contributed by atoms with Crippen molar-refractivity contribution in [2.24, 2.45) is 16.0 Å². The van der Waals surface area contributed by atoms with Crippen LogP contribution >= 0.6 is 11.6 Å². The van der Waals surface area contributed by atoms with Gasteiger partial charge in [0.2, 0.25) is 0 Å². The van der Waals surface area contributed by atoms with Gasteiger partial charge < -0.3 is 10.8 Å². The summed E-state index contributed by atoms with van der Waals surface area (Å²) < 4.78 is 0. The number of carbonyl (C=O) groups excluding carboxylic acids is 1. The van der Waals surface area contributed by atoms with E-state index in [0.29, 0.717) is 27.0 Å². The first-order valence-electron chi connectivity index (χ1n) is 7.53. The number of carbonyl (C=O) groups is 1. The second-order valence-corrected chi connectivity index (χ2v) is 5.83. The fourth-order valence-corrected chi connectivity index (χ4v) is 2.91. The number of halogens is 1. The van der Waals surface area contributed by atoms with Gasteiger partial charge in [0.05, 0.1) is 5.02 Å². The first-order chi connectivity index (χ1) is 12.6. The zero-order valence-electron chi connectivity index (χ0n) is 13.2. The number of fused-ring (bicyclic) bond motifs is 3. The maximum absolute atomic E-state index is 11.0. The van der Waals surface area contributed by atoms with Gasteiger partial charge >= 0.3 is 6.03 Å². The van der Waals surface area contributed by atoms with Crippen molar-refractivity contribution < 1.29 is 9.90 Å². The molecule has 0 atom stereocenters. The first-order valence-corrected chi connectivity index (χ1v) is 7.91. The Balaban J connectivity index is 2.10. The lowest BCUT2D eigenvalue weighted by Gasteiger charge is -2.04. The average Bonchev–Trinajstić information content (AvgIpc) is 3.07. The molecule has 128 valence electrons. The average molecular weight is 367 g/mol. The number of phenols is 1. The molecule has 2 amide bonds. The van der Waals surface area contributed by atoms with E-state index in [-0.39, 0.29) is 17.0 Å². The zero-order chi connectivity index (χ0) is 18.3. The molecule has 0 spiro atoms. The van der Waals surface area contributed by atoms with Crippen LogP contribution < -0.4 is 5.73 Å². The van der Waals surface area contributed by atoms with E-state index in [1.54, 1.807) is 42.5 Å². The van der Waals surface area contributed by atoms with Gasteiger partial charge in [-0.25, -0.2) is 4.79 Å². The van der Waals surface area contributed by atoms with Gasteiger partial charge in [0.1, 0.15) is 16.7 Å². The van der Waals surface area contributed by atoms with Crippen molar-refractivity contribution in [2.75, 3.05) is 0 Å². The highest BCUT2D eigenvalue weighted by Crippen LogP contribution is 2.41. The summed E-state index contributed by atoms with van der Waals surface area (Å²) in [5, 5.41) is 28.2. The van der Waals surface area contributed by atoms with Crippen molar-refractivity contribution in [2.45, 2.75) is 0 Å². The number of hydrogen-bond acceptors (Lipinski definition) is 5. The normalized spacial score (nSPS) is 11.6. The number of nitrogens with two attached hydrogens (primary N) is 1. The molecule has 0 aliphatic carbocycles. The van der Waals surface area contributed by atoms with Gasteiger partial charge in [-0.1, -0.05) is 53.1 Å². The number of para-hydroxylation sites is 1. The Labute approximate surface area is 151 Å². The second kappa shape index (κ2) is 6.08. The largest absolute Gasteiger partial charge is 0.505 e. The van der Waals surface area contributed by atoms with E-state index in [2.05, 4.69) is 20.4 Å². The molecule has 0 saturated carbocycles. The number of amides is 2. The van der Waals surface area contributed by atoms with Gasteiger partial charge in [0.15, 0.2) is 11.4 Å². The van der Waals surface area contributed by atoms with E-state index in [9.17, 15) is 9.90 Å². The molecule has 0 unspecified atom stereocenters. The van der Waals surface area contributed by atoms with E-state index >= 15 is 0 Å². The van der Waals surface area contributed by atoms with Gasteiger partial charge in [-0.15, -0.1) is 20.1 Å². The van der Waals surface area contributed by atoms with E-state index in [1.165, 1.54) is 4.80 Å². The quantitative estimate of drug-likeness (QED) is 0.519. The topological polar surface area (TPSA) is 119 Å². The minimum absolute atomic E-state index is 0.0100. The lowest BCUT2D eigenvalue weighted by Crippen LogP contribution is -2.02. The maximum Gasteiger partial charge on any atom is 0.356 e. The summed E-state index contributed by atoms with van der Waals surface area (Å²) in [6.45, 7) is 0. The van der Waals surface area contributed by atoms with Crippen molar-refractivity contribution in [3.63, 3.8) is 0 Å². The SMILES string of the molecule is NC(=O)N=Nc1c(O)c2ccccc2c2nn(-c3ccccc3Cl)nc12. The third-order valence-electron chi connectivity index (χ3n) is 3.82. The molecule has 1 heterocycles. The number of aromatic nitrogens is 3. The Bertz CT molecular complexity index is 1200. The van der Waals surface area contributed by atoms with Crippen LogP contribution in [0.15, 0.2) is 58.8 Å². The highest BCUT2D eigenvalue weighted by Gasteiger charge is 2.19. The molecular weight excluding hydrogens is 356 g/mol. The van der Waals surface area contributed by atoms with Crippen molar-refractivity contribution in [1.82, 2.24) is 15.0 Å². The molecule has 4 rings (SSSR count). The number of rotatable bonds is 2. The van der Waals surface area contributed by atoms with Crippen molar-refractivity contribution in [3.05, 3.63) is 53.6 Å². The van der Waals surface area contributed by atoms with Gasteiger partial charge in [-0.05, 0) is 12.1 Å². The predicted molar refractivity (Wildman–Crippen MR) is 97.1 cm³/mol. The van der Waals surface area contributed by atoms with Crippen LogP contribution in [-0.2, 0) is 0 Å². The van der Waals surface area contributed by atoms with E-state index in [1.807, 2.05) is 6.07 Å². The number of nitrogens with zero attached hydrogens (tertiary/aromatic N) is 5. The molecule has 26 heavy (non-hydrogen) atoms. The van der Waals surface area contributed by atoms with Gasteiger partial charge in [-0.2, -0.15) is 0 Å². The zero-order valence-corrected chi connectivity index (χ0v) is 13.9. The van der Waals surface area contributed by atoms with Crippen LogP contribution in [0.1, 0.15) is 0 Å². The van der Waals surface area contributed by atoms with E-state index in [0.717, 1.165) is 0 Å². The first kappa shape index (κ1) is 16.0. The van der Waals surface area contributed by atoms with Crippen LogP contribution in [0.25, 0.3) is 27.5 Å². The molecule has 0 aliphatic heterocycles. The maximum atomic E-state index is 11.0. The lowest BCUT2D eigenvalue weighted by atomic mass is 10.1. The molecule has 9 heteroatoms. The summed E-state index contributed by atoms with van der Waals surface area (Å²) in [4.78, 5) is 12.3. The van der Waals surface area contributed by atoms with E-state index < -0.39 is 6.03 Å². The van der Waals surface area contributed by atoms with Crippen LogP contribution in [0.5, 0.6) is 5.75 Å². The molecule has 3 aromatic carbocycles. The van der Waals surface area contributed by atoms with Crippen LogP contribution in [0.2, 0.25) is 5.02 Å². The second-order valence-electron chi connectivity index (χ2n) is 5.42. The summed E-state index contributed by atoms with van der Waals surface area (Å²) in [6.07, 6.45) is 0. The van der Waals surface area contributed by atoms with Crippen LogP contribution in [-0.4, -0.2) is 26.1 Å². The molecule has 0 fully saturated rings. The molecule has 1 aromatic heterocycles. The molecule has 0 aliphatic rings. The molecule has 0 radical (unpaired) electrons. The number of benzene rings is 3. The fraction of sp³-hybridized carbons (Fsp3) is 0. The summed E-state index contributed by atoms with van der Waals surface area (Å²) in [6, 6.07) is 13.2. The van der Waals surface area contributed by atoms with Crippen molar-refractivity contribution in [3.8, 4) is 11.4 Å². The summed E-state index contributed by atoms with van der Waals surface area (Å²) >= 11 is 6.22. The molecular formula is C17H11ClN6O2. The van der Waals surface area contributed by atoms with Crippen molar-refractivity contribution in [1.29, 1.82) is 0 Å². The highest BCUT2D eigenvalue weighted by atomic mass is 35.5. The molecule has 4 aromatic rings.